The number of fused-ring (bicyclic) bond motifs is 4. The minimum Gasteiger partial charge on any atom is -0.507 e. The third-order valence-corrected chi connectivity index (χ3v) is 9.35. The summed E-state index contributed by atoms with van der Waals surface area (Å²) in [5.74, 6) is -3.52. The molecular weight excluding hydrogens is 538 g/mol. The number of para-hydroxylation sites is 1. The van der Waals surface area contributed by atoms with E-state index in [1.807, 2.05) is 0 Å². The van der Waals surface area contributed by atoms with Crippen LogP contribution in [0.25, 0.3) is 0 Å². The van der Waals surface area contributed by atoms with Gasteiger partial charge in [0.25, 0.3) is 11.8 Å². The Labute approximate surface area is 224 Å². The molecule has 9 nitrogen and oxygen atoms in total. The van der Waals surface area contributed by atoms with Crippen molar-refractivity contribution in [1.82, 2.24) is 13.9 Å². The number of aromatic hydroxyl groups is 1. The lowest BCUT2D eigenvalue weighted by molar-refractivity contribution is -0.122. The number of benzene rings is 2. The lowest BCUT2D eigenvalue weighted by Gasteiger charge is -2.49. The third kappa shape index (κ3) is 2.87. The maximum Gasteiger partial charge on any atom is 0.347 e. The van der Waals surface area contributed by atoms with E-state index in [9.17, 15) is 28.7 Å². The van der Waals surface area contributed by atoms with E-state index in [-0.39, 0.29) is 30.0 Å². The van der Waals surface area contributed by atoms with E-state index in [0.29, 0.717) is 11.1 Å². The van der Waals surface area contributed by atoms with Crippen LogP contribution < -0.4 is 16.3 Å². The molecule has 3 aliphatic rings. The number of carbonyl (C=O) groups is 2. The highest BCUT2D eigenvalue weighted by Crippen LogP contribution is 2.64. The molecule has 0 radical (unpaired) electrons. The van der Waals surface area contributed by atoms with Crippen molar-refractivity contribution in [1.29, 1.82) is 0 Å². The van der Waals surface area contributed by atoms with Crippen molar-refractivity contribution in [2.75, 3.05) is 4.90 Å². The number of allylic oxidation sites excluding steroid dienone is 2. The molecule has 1 saturated heterocycles. The molecule has 1 aliphatic carbocycles. The van der Waals surface area contributed by atoms with Gasteiger partial charge in [0.1, 0.15) is 11.6 Å². The van der Waals surface area contributed by atoms with Crippen LogP contribution in [0.15, 0.2) is 63.7 Å². The number of rotatable bonds is 2. The largest absolute Gasteiger partial charge is 0.507 e. The molecule has 12 heteroatoms. The molecule has 1 N–H and O–H groups in total. The molecule has 2 amide bonds. The number of imide groups is 1. The number of nitrogens with zero attached hydrogens (tertiary/aromatic N) is 4. The van der Waals surface area contributed by atoms with Crippen molar-refractivity contribution in [2.45, 2.75) is 41.6 Å². The fourth-order valence-electron chi connectivity index (χ4n) is 6.03. The van der Waals surface area contributed by atoms with Gasteiger partial charge in [0.2, 0.25) is 0 Å². The second kappa shape index (κ2) is 7.94. The Balaban J connectivity index is 1.65. The summed E-state index contributed by atoms with van der Waals surface area (Å²) < 4.78 is 17.1. The zero-order valence-corrected chi connectivity index (χ0v) is 21.7. The number of halogens is 3. The number of aromatic nitrogens is 3. The van der Waals surface area contributed by atoms with Crippen molar-refractivity contribution < 1.29 is 19.1 Å². The molecule has 196 valence electrons. The van der Waals surface area contributed by atoms with Gasteiger partial charge in [-0.15, -0.1) is 23.2 Å². The summed E-state index contributed by atoms with van der Waals surface area (Å²) in [7, 11) is 1.35. The highest BCUT2D eigenvalue weighted by atomic mass is 35.5. The summed E-state index contributed by atoms with van der Waals surface area (Å²) in [5.41, 5.74) is 0.145. The van der Waals surface area contributed by atoms with Crippen molar-refractivity contribution >= 4 is 40.7 Å². The predicted octanol–water partition coefficient (Wildman–Crippen LogP) is 2.70. The third-order valence-electron chi connectivity index (χ3n) is 7.93. The number of hydrogen-bond donors (Lipinski definition) is 1. The zero-order valence-electron chi connectivity index (χ0n) is 20.2. The molecule has 1 aromatic heterocycles. The lowest BCUT2D eigenvalue weighted by Crippen LogP contribution is -2.59. The van der Waals surface area contributed by atoms with Crippen LogP contribution in [-0.2, 0) is 23.2 Å². The van der Waals surface area contributed by atoms with Crippen LogP contribution in [0.4, 0.5) is 10.1 Å². The molecule has 2 aliphatic heterocycles. The topological polar surface area (TPSA) is 107 Å². The smallest absolute Gasteiger partial charge is 0.347 e. The van der Waals surface area contributed by atoms with Gasteiger partial charge in [0, 0.05) is 24.9 Å². The average Bonchev–Trinajstić information content (AvgIpc) is 3.20. The van der Waals surface area contributed by atoms with E-state index in [4.69, 9.17) is 23.2 Å². The Morgan fingerprint density at radius 2 is 1.68 bits per heavy atom. The lowest BCUT2D eigenvalue weighted by atomic mass is 9.64. The Hall–Kier alpha value is -3.63. The van der Waals surface area contributed by atoms with E-state index < -0.39 is 50.7 Å². The number of amides is 2. The van der Waals surface area contributed by atoms with E-state index >= 15 is 0 Å². The van der Waals surface area contributed by atoms with Crippen molar-refractivity contribution in [3.05, 3.63) is 92.0 Å². The zero-order chi connectivity index (χ0) is 27.3. The predicted molar refractivity (Wildman–Crippen MR) is 137 cm³/mol. The van der Waals surface area contributed by atoms with Gasteiger partial charge in [-0.25, -0.2) is 32.8 Å². The number of carbonyl (C=O) groups excluding carboxylic acids is 2. The molecular formula is C26H21Cl2FN4O5. The molecule has 2 fully saturated rings. The quantitative estimate of drug-likeness (QED) is 0.295. The molecule has 0 unspecified atom stereocenters. The van der Waals surface area contributed by atoms with Gasteiger partial charge in [-0.2, -0.15) is 0 Å². The fourth-order valence-corrected chi connectivity index (χ4v) is 6.94. The second-order valence-corrected chi connectivity index (χ2v) is 11.1. The van der Waals surface area contributed by atoms with Gasteiger partial charge < -0.3 is 5.11 Å². The average molecular weight is 559 g/mol. The van der Waals surface area contributed by atoms with Crippen LogP contribution in [0, 0.1) is 12.7 Å². The Kier molecular flexibility index (Phi) is 5.16. The van der Waals surface area contributed by atoms with Crippen molar-refractivity contribution in [3.63, 3.8) is 0 Å². The molecule has 3 heterocycles. The first kappa shape index (κ1) is 24.7. The van der Waals surface area contributed by atoms with Crippen molar-refractivity contribution in [2.24, 2.45) is 7.05 Å². The van der Waals surface area contributed by atoms with E-state index in [2.05, 4.69) is 0 Å². The number of phenolic OH excluding ortho intramolecular Hbond substituents is 1. The first-order valence-corrected chi connectivity index (χ1v) is 12.6. The summed E-state index contributed by atoms with van der Waals surface area (Å²) >= 11 is 14.4. The minimum absolute atomic E-state index is 0.00981. The van der Waals surface area contributed by atoms with Gasteiger partial charge in [-0.1, -0.05) is 24.3 Å². The Bertz CT molecular complexity index is 1710. The van der Waals surface area contributed by atoms with Crippen LogP contribution in [0.3, 0.4) is 0 Å². The fraction of sp³-hybridized carbons (Fsp3) is 0.308. The maximum atomic E-state index is 14.1. The maximum absolute atomic E-state index is 14.1. The van der Waals surface area contributed by atoms with E-state index in [0.717, 1.165) is 21.6 Å². The molecule has 0 bridgehead atoms. The van der Waals surface area contributed by atoms with Crippen LogP contribution >= 0.6 is 23.2 Å². The van der Waals surface area contributed by atoms with E-state index in [1.165, 1.54) is 28.5 Å². The number of hydrogen-bond acceptors (Lipinski definition) is 5. The highest BCUT2D eigenvalue weighted by Gasteiger charge is 2.76. The summed E-state index contributed by atoms with van der Waals surface area (Å²) in [6.07, 6.45) is 1.41. The molecule has 0 spiro atoms. The normalized spacial score (nSPS) is 28.1. The first-order chi connectivity index (χ1) is 17.9. The number of aryl methyl sites for hydroxylation is 1. The van der Waals surface area contributed by atoms with Crippen LogP contribution in [-0.4, -0.2) is 40.6 Å². The molecule has 3 aromatic rings. The summed E-state index contributed by atoms with van der Waals surface area (Å²) in [6.45, 7) is 1.69. The minimum atomic E-state index is -2.12. The van der Waals surface area contributed by atoms with Gasteiger partial charge in [0.05, 0.1) is 18.3 Å². The van der Waals surface area contributed by atoms with Gasteiger partial charge in [-0.3, -0.25) is 9.59 Å². The molecule has 1 saturated carbocycles. The number of phenols is 1. The van der Waals surface area contributed by atoms with Gasteiger partial charge in [-0.05, 0) is 42.3 Å². The highest BCUT2D eigenvalue weighted by molar-refractivity contribution is 6.58. The van der Waals surface area contributed by atoms with Crippen LogP contribution in [0.2, 0.25) is 0 Å². The summed E-state index contributed by atoms with van der Waals surface area (Å²) in [5, 5.41) is 11.1. The molecule has 4 atom stereocenters. The first-order valence-electron chi connectivity index (χ1n) is 11.8. The van der Waals surface area contributed by atoms with Crippen molar-refractivity contribution in [3.8, 4) is 5.75 Å². The molecule has 38 heavy (non-hydrogen) atoms. The monoisotopic (exact) mass is 558 g/mol. The summed E-state index contributed by atoms with van der Waals surface area (Å²) in [6, 6.07) is 8.78. The SMILES string of the molecule is Cc1cccc([C@H]2C3=CCn4c(=O)n(C)c(=O)n4[C@@H]3C[C@@]3(Cl)C(=O)N(c4ccc(F)cc4)C(=O)[C@@]23Cl)c1O. The van der Waals surface area contributed by atoms with Crippen LogP contribution in [0.5, 0.6) is 5.75 Å². The number of anilines is 1. The second-order valence-electron chi connectivity index (χ2n) is 9.86. The standard InChI is InChI=1S/C26H21Cl2FN4O5/c1-13-4-3-5-17(20(13)34)19-16-10-11-31-23(37)30(2)24(38)33(31)18(16)12-25(27)21(35)32(22(36)26(19,25)28)15-8-6-14(29)7-9-15/h3-10,18-19,34H,11-12H2,1-2H3/t18-,19-,25-,26+/m1/s1. The Morgan fingerprint density at radius 1 is 1.00 bits per heavy atom. The Morgan fingerprint density at radius 3 is 2.37 bits per heavy atom. The van der Waals surface area contributed by atoms with E-state index in [1.54, 1.807) is 31.2 Å². The molecule has 6 rings (SSSR count). The summed E-state index contributed by atoms with van der Waals surface area (Å²) in [4.78, 5) is 50.6. The number of alkyl halides is 2. The van der Waals surface area contributed by atoms with Gasteiger partial charge in [0.15, 0.2) is 9.75 Å². The molecule has 2 aromatic carbocycles. The van der Waals surface area contributed by atoms with Gasteiger partial charge >= 0.3 is 11.4 Å². The van der Waals surface area contributed by atoms with Crippen LogP contribution in [0.1, 0.15) is 29.5 Å².